The van der Waals surface area contributed by atoms with E-state index in [1.54, 1.807) is 0 Å². The molecule has 1 aromatic carbocycles. The molecule has 0 aliphatic carbocycles. The Labute approximate surface area is 123 Å². The van der Waals surface area contributed by atoms with Crippen molar-refractivity contribution in [1.29, 1.82) is 0 Å². The van der Waals surface area contributed by atoms with Gasteiger partial charge in [-0.2, -0.15) is 5.10 Å². The molecule has 0 aliphatic rings. The number of hydrogen-bond acceptors (Lipinski definition) is 2. The normalized spacial score (nSPS) is 12.7. The fraction of sp³-hybridized carbons (Fsp3) is 0.357. The monoisotopic (exact) mass is 297 g/mol. The van der Waals surface area contributed by atoms with Gasteiger partial charge in [-0.3, -0.25) is 4.68 Å². The van der Waals surface area contributed by atoms with Crippen LogP contribution in [0.2, 0.25) is 10.0 Å². The minimum Gasteiger partial charge on any atom is -0.304 e. The molecule has 19 heavy (non-hydrogen) atoms. The van der Waals surface area contributed by atoms with Gasteiger partial charge in [-0.25, -0.2) is 0 Å². The van der Waals surface area contributed by atoms with Crippen LogP contribution in [0.5, 0.6) is 0 Å². The molecule has 0 saturated carbocycles. The molecule has 0 fully saturated rings. The van der Waals surface area contributed by atoms with Crippen molar-refractivity contribution in [2.45, 2.75) is 26.4 Å². The third-order valence-corrected chi connectivity index (χ3v) is 4.04. The van der Waals surface area contributed by atoms with Crippen molar-refractivity contribution in [3.63, 3.8) is 0 Å². The molecule has 2 aromatic rings. The van der Waals surface area contributed by atoms with Crippen LogP contribution in [0, 0.1) is 6.92 Å². The lowest BCUT2D eigenvalue weighted by atomic mass is 10.1. The molecule has 1 heterocycles. The molecule has 0 amide bonds. The molecule has 0 spiro atoms. The number of benzene rings is 1. The summed E-state index contributed by atoms with van der Waals surface area (Å²) in [7, 11) is 1.90. The first kappa shape index (κ1) is 14.4. The maximum atomic E-state index is 6.23. The number of nitrogens with zero attached hydrogens (tertiary/aromatic N) is 2. The number of aryl methyl sites for hydroxylation is 2. The predicted molar refractivity (Wildman–Crippen MR) is 79.7 cm³/mol. The molecule has 1 N–H and O–H groups in total. The van der Waals surface area contributed by atoms with E-state index in [2.05, 4.69) is 17.3 Å². The van der Waals surface area contributed by atoms with Gasteiger partial charge in [0.05, 0.1) is 16.4 Å². The number of halogens is 2. The van der Waals surface area contributed by atoms with E-state index in [1.807, 2.05) is 42.9 Å². The van der Waals surface area contributed by atoms with E-state index >= 15 is 0 Å². The van der Waals surface area contributed by atoms with Gasteiger partial charge >= 0.3 is 0 Å². The van der Waals surface area contributed by atoms with E-state index in [9.17, 15) is 0 Å². The Morgan fingerprint density at radius 1 is 1.32 bits per heavy atom. The number of hydrogen-bond donors (Lipinski definition) is 1. The second kappa shape index (κ2) is 5.95. The van der Waals surface area contributed by atoms with Crippen molar-refractivity contribution < 1.29 is 0 Å². The van der Waals surface area contributed by atoms with Crippen molar-refractivity contribution in [3.8, 4) is 0 Å². The van der Waals surface area contributed by atoms with Crippen LogP contribution in [0.1, 0.15) is 29.9 Å². The van der Waals surface area contributed by atoms with Crippen molar-refractivity contribution >= 4 is 23.2 Å². The molecule has 5 heteroatoms. The van der Waals surface area contributed by atoms with E-state index in [1.165, 1.54) is 0 Å². The van der Waals surface area contributed by atoms with Crippen LogP contribution in [0.3, 0.4) is 0 Å². The molecule has 0 aliphatic heterocycles. The topological polar surface area (TPSA) is 29.9 Å². The van der Waals surface area contributed by atoms with Crippen LogP contribution in [0.25, 0.3) is 0 Å². The van der Waals surface area contributed by atoms with Crippen molar-refractivity contribution in [2.24, 2.45) is 7.05 Å². The molecule has 0 unspecified atom stereocenters. The minimum atomic E-state index is 0.153. The Hall–Kier alpha value is -1.03. The van der Waals surface area contributed by atoms with E-state index < -0.39 is 0 Å². The standard InChI is InChI=1S/C14H17Cl2N3/c1-9(11-6-4-5-7-12(11)15)17-8-13-14(16)10(2)18-19(13)3/h4-7,9,17H,8H2,1-3H3/t9-/m1/s1. The Bertz CT molecular complexity index is 578. The van der Waals surface area contributed by atoms with Crippen LogP contribution in [0.15, 0.2) is 24.3 Å². The van der Waals surface area contributed by atoms with Crippen molar-refractivity contribution in [2.75, 3.05) is 0 Å². The Kier molecular flexibility index (Phi) is 4.50. The van der Waals surface area contributed by atoms with E-state index in [0.717, 1.165) is 27.0 Å². The predicted octanol–water partition coefficient (Wildman–Crippen LogP) is 3.89. The lowest BCUT2D eigenvalue weighted by Crippen LogP contribution is -2.20. The second-order valence-corrected chi connectivity index (χ2v) is 5.38. The van der Waals surface area contributed by atoms with Gasteiger partial charge in [0, 0.05) is 24.7 Å². The molecule has 1 aromatic heterocycles. The van der Waals surface area contributed by atoms with Crippen LogP contribution >= 0.6 is 23.2 Å². The van der Waals surface area contributed by atoms with Gasteiger partial charge in [0.1, 0.15) is 0 Å². The molecule has 0 saturated heterocycles. The summed E-state index contributed by atoms with van der Waals surface area (Å²) in [6.07, 6.45) is 0. The third kappa shape index (κ3) is 3.11. The van der Waals surface area contributed by atoms with Crippen LogP contribution in [-0.2, 0) is 13.6 Å². The summed E-state index contributed by atoms with van der Waals surface area (Å²) >= 11 is 12.4. The summed E-state index contributed by atoms with van der Waals surface area (Å²) < 4.78 is 1.81. The average Bonchev–Trinajstić information content (AvgIpc) is 2.61. The molecule has 0 radical (unpaired) electrons. The SMILES string of the molecule is Cc1nn(C)c(CN[C@H](C)c2ccccc2Cl)c1Cl. The highest BCUT2D eigenvalue weighted by Gasteiger charge is 2.13. The summed E-state index contributed by atoms with van der Waals surface area (Å²) in [5.41, 5.74) is 2.92. The zero-order valence-corrected chi connectivity index (χ0v) is 12.8. The summed E-state index contributed by atoms with van der Waals surface area (Å²) in [5.74, 6) is 0. The molecule has 0 bridgehead atoms. The van der Waals surface area contributed by atoms with Crippen molar-refractivity contribution in [1.82, 2.24) is 15.1 Å². The maximum absolute atomic E-state index is 6.23. The molecule has 2 rings (SSSR count). The number of nitrogens with one attached hydrogen (secondary N) is 1. The Balaban J connectivity index is 2.09. The largest absolute Gasteiger partial charge is 0.304 e. The van der Waals surface area contributed by atoms with Crippen molar-refractivity contribution in [3.05, 3.63) is 51.3 Å². The quantitative estimate of drug-likeness (QED) is 0.928. The first-order valence-electron chi connectivity index (χ1n) is 6.16. The molecular formula is C14H17Cl2N3. The third-order valence-electron chi connectivity index (χ3n) is 3.21. The minimum absolute atomic E-state index is 0.153. The highest BCUT2D eigenvalue weighted by Crippen LogP contribution is 2.24. The maximum Gasteiger partial charge on any atom is 0.0860 e. The van der Waals surface area contributed by atoms with Gasteiger partial charge in [-0.15, -0.1) is 0 Å². The highest BCUT2D eigenvalue weighted by atomic mass is 35.5. The Morgan fingerprint density at radius 2 is 2.00 bits per heavy atom. The lowest BCUT2D eigenvalue weighted by Gasteiger charge is -2.15. The van der Waals surface area contributed by atoms with Gasteiger partial charge in [-0.1, -0.05) is 41.4 Å². The zero-order chi connectivity index (χ0) is 14.0. The van der Waals surface area contributed by atoms with Gasteiger partial charge in [0.25, 0.3) is 0 Å². The van der Waals surface area contributed by atoms with Gasteiger partial charge in [-0.05, 0) is 25.5 Å². The fourth-order valence-corrected chi connectivity index (χ4v) is 2.58. The van der Waals surface area contributed by atoms with Gasteiger partial charge in [0.2, 0.25) is 0 Å². The highest BCUT2D eigenvalue weighted by molar-refractivity contribution is 6.32. The van der Waals surface area contributed by atoms with E-state index in [-0.39, 0.29) is 6.04 Å². The first-order valence-corrected chi connectivity index (χ1v) is 6.92. The zero-order valence-electron chi connectivity index (χ0n) is 11.2. The smallest absolute Gasteiger partial charge is 0.0860 e. The second-order valence-electron chi connectivity index (χ2n) is 4.59. The van der Waals surface area contributed by atoms with Crippen LogP contribution in [0.4, 0.5) is 0 Å². The average molecular weight is 298 g/mol. The molecule has 3 nitrogen and oxygen atoms in total. The Morgan fingerprint density at radius 3 is 2.58 bits per heavy atom. The molecular weight excluding hydrogens is 281 g/mol. The summed E-state index contributed by atoms with van der Waals surface area (Å²) in [5, 5.41) is 9.22. The lowest BCUT2D eigenvalue weighted by molar-refractivity contribution is 0.548. The van der Waals surface area contributed by atoms with Gasteiger partial charge in [0.15, 0.2) is 0 Å². The fourth-order valence-electron chi connectivity index (χ4n) is 2.06. The summed E-state index contributed by atoms with van der Waals surface area (Å²) in [4.78, 5) is 0. The van der Waals surface area contributed by atoms with Crippen LogP contribution in [-0.4, -0.2) is 9.78 Å². The number of rotatable bonds is 4. The molecule has 102 valence electrons. The van der Waals surface area contributed by atoms with Gasteiger partial charge < -0.3 is 5.32 Å². The van der Waals surface area contributed by atoms with E-state index in [0.29, 0.717) is 6.54 Å². The summed E-state index contributed by atoms with van der Waals surface area (Å²) in [6, 6.07) is 7.99. The van der Waals surface area contributed by atoms with Crippen LogP contribution < -0.4 is 5.32 Å². The van der Waals surface area contributed by atoms with E-state index in [4.69, 9.17) is 23.2 Å². The first-order chi connectivity index (χ1) is 9.00. The number of aromatic nitrogens is 2. The molecule has 1 atom stereocenters. The summed E-state index contributed by atoms with van der Waals surface area (Å²) in [6.45, 7) is 4.64.